The van der Waals surface area contributed by atoms with Crippen LogP contribution in [0.2, 0.25) is 0 Å². The molecule has 118 valence electrons. The van der Waals surface area contributed by atoms with Crippen LogP contribution in [0.25, 0.3) is 0 Å². The lowest BCUT2D eigenvalue weighted by Gasteiger charge is -2.35. The van der Waals surface area contributed by atoms with Gasteiger partial charge in [0.25, 0.3) is 5.91 Å². The number of rotatable bonds is 3. The molecule has 2 aliphatic rings. The molecule has 1 N–H and O–H groups in total. The van der Waals surface area contributed by atoms with E-state index in [1.807, 2.05) is 35.2 Å². The number of hydrogen-bond donors (Lipinski definition) is 1. The van der Waals surface area contributed by atoms with Crippen molar-refractivity contribution >= 4 is 11.9 Å². The number of ether oxygens (including phenoxy) is 1. The molecule has 2 atom stereocenters. The van der Waals surface area contributed by atoms with E-state index in [9.17, 15) is 14.7 Å². The van der Waals surface area contributed by atoms with Crippen molar-refractivity contribution in [2.24, 2.45) is 11.8 Å². The average Bonchev–Trinajstić information content (AvgIpc) is 3.05. The van der Waals surface area contributed by atoms with Gasteiger partial charge in [0.15, 0.2) is 0 Å². The molecule has 0 spiro atoms. The highest BCUT2D eigenvalue weighted by Crippen LogP contribution is 2.33. The third-order valence-corrected chi connectivity index (χ3v) is 4.77. The summed E-state index contributed by atoms with van der Waals surface area (Å²) in [4.78, 5) is 25.5. The topological polar surface area (TPSA) is 66.8 Å². The van der Waals surface area contributed by atoms with Crippen molar-refractivity contribution in [2.45, 2.75) is 25.4 Å². The second kappa shape index (κ2) is 6.48. The highest BCUT2D eigenvalue weighted by atomic mass is 16.5. The Labute approximate surface area is 129 Å². The highest BCUT2D eigenvalue weighted by Gasteiger charge is 2.40. The molecule has 3 rings (SSSR count). The number of carbonyl (C=O) groups is 2. The smallest absolute Gasteiger partial charge is 0.309 e. The van der Waals surface area contributed by atoms with Crippen LogP contribution in [0, 0.1) is 11.8 Å². The maximum Gasteiger partial charge on any atom is 0.309 e. The van der Waals surface area contributed by atoms with Crippen molar-refractivity contribution in [1.29, 1.82) is 0 Å². The third-order valence-electron chi connectivity index (χ3n) is 4.77. The molecule has 0 aliphatic carbocycles. The number of hydrogen-bond acceptors (Lipinski definition) is 3. The first kappa shape index (κ1) is 15.0. The summed E-state index contributed by atoms with van der Waals surface area (Å²) >= 11 is 0. The quantitative estimate of drug-likeness (QED) is 0.928. The Hall–Kier alpha value is -1.88. The monoisotopic (exact) mass is 303 g/mol. The van der Waals surface area contributed by atoms with Gasteiger partial charge in [0.2, 0.25) is 0 Å². The third kappa shape index (κ3) is 2.99. The number of piperidine rings is 1. The van der Waals surface area contributed by atoms with Crippen LogP contribution in [0.1, 0.15) is 29.6 Å². The molecule has 5 nitrogen and oxygen atoms in total. The van der Waals surface area contributed by atoms with Crippen LogP contribution >= 0.6 is 0 Å². The Morgan fingerprint density at radius 2 is 1.77 bits per heavy atom. The SMILES string of the molecule is O=C(O)C1CCO[C@H]1C1CCN(C(=O)c2ccccc2)CC1. The summed E-state index contributed by atoms with van der Waals surface area (Å²) < 4.78 is 5.66. The summed E-state index contributed by atoms with van der Waals surface area (Å²) in [6.45, 7) is 1.87. The Balaban J connectivity index is 1.59. The molecule has 1 aromatic rings. The number of carbonyl (C=O) groups excluding carboxylic acids is 1. The van der Waals surface area contributed by atoms with E-state index in [2.05, 4.69) is 0 Å². The molecule has 0 bridgehead atoms. The molecule has 22 heavy (non-hydrogen) atoms. The van der Waals surface area contributed by atoms with Gasteiger partial charge < -0.3 is 14.7 Å². The Kier molecular flexibility index (Phi) is 4.43. The summed E-state index contributed by atoms with van der Waals surface area (Å²) in [6.07, 6.45) is 2.04. The molecule has 5 heteroatoms. The minimum absolute atomic E-state index is 0.0566. The van der Waals surface area contributed by atoms with Gasteiger partial charge in [-0.3, -0.25) is 9.59 Å². The van der Waals surface area contributed by atoms with E-state index in [0.717, 1.165) is 12.8 Å². The fourth-order valence-corrected chi connectivity index (χ4v) is 3.53. The lowest BCUT2D eigenvalue weighted by molar-refractivity contribution is -0.145. The average molecular weight is 303 g/mol. The van der Waals surface area contributed by atoms with Crippen LogP contribution in [-0.4, -0.2) is 47.7 Å². The van der Waals surface area contributed by atoms with E-state index in [1.165, 1.54) is 0 Å². The first-order valence-corrected chi connectivity index (χ1v) is 7.85. The fourth-order valence-electron chi connectivity index (χ4n) is 3.53. The van der Waals surface area contributed by atoms with E-state index >= 15 is 0 Å². The van der Waals surface area contributed by atoms with Crippen LogP contribution in [0.3, 0.4) is 0 Å². The van der Waals surface area contributed by atoms with Crippen molar-refractivity contribution < 1.29 is 19.4 Å². The minimum Gasteiger partial charge on any atom is -0.481 e. The highest BCUT2D eigenvalue weighted by molar-refractivity contribution is 5.94. The zero-order valence-corrected chi connectivity index (χ0v) is 12.5. The lowest BCUT2D eigenvalue weighted by Crippen LogP contribution is -2.43. The summed E-state index contributed by atoms with van der Waals surface area (Å²) in [5.41, 5.74) is 0.710. The van der Waals surface area contributed by atoms with E-state index < -0.39 is 5.97 Å². The van der Waals surface area contributed by atoms with Crippen LogP contribution in [0.15, 0.2) is 30.3 Å². The van der Waals surface area contributed by atoms with Crippen molar-refractivity contribution in [1.82, 2.24) is 4.90 Å². The summed E-state index contributed by atoms with van der Waals surface area (Å²) in [6, 6.07) is 9.28. The Morgan fingerprint density at radius 1 is 1.09 bits per heavy atom. The van der Waals surface area contributed by atoms with Gasteiger partial charge in [0.05, 0.1) is 12.0 Å². The van der Waals surface area contributed by atoms with Crippen LogP contribution in [0.4, 0.5) is 0 Å². The van der Waals surface area contributed by atoms with Crippen molar-refractivity contribution in [3.05, 3.63) is 35.9 Å². The molecule has 2 fully saturated rings. The summed E-state index contributed by atoms with van der Waals surface area (Å²) in [7, 11) is 0. The zero-order valence-electron chi connectivity index (χ0n) is 12.5. The first-order valence-electron chi connectivity index (χ1n) is 7.85. The maximum atomic E-state index is 12.4. The number of benzene rings is 1. The van der Waals surface area contributed by atoms with Gasteiger partial charge in [-0.15, -0.1) is 0 Å². The number of likely N-dealkylation sites (tertiary alicyclic amines) is 1. The Bertz CT molecular complexity index is 537. The van der Waals surface area contributed by atoms with E-state index in [4.69, 9.17) is 4.74 Å². The normalized spacial score (nSPS) is 26.1. The number of aliphatic carboxylic acids is 1. The standard InChI is InChI=1S/C17H21NO4/c19-16(13-4-2-1-3-5-13)18-9-6-12(7-10-18)15-14(17(20)21)8-11-22-15/h1-5,12,14-15H,6-11H2,(H,20,21)/t14?,15-/m0/s1. The van der Waals surface area contributed by atoms with Crippen molar-refractivity contribution in [2.75, 3.05) is 19.7 Å². The predicted octanol–water partition coefficient (Wildman–Crippen LogP) is 2.03. The molecular formula is C17H21NO4. The van der Waals surface area contributed by atoms with Gasteiger partial charge in [0, 0.05) is 25.3 Å². The van der Waals surface area contributed by atoms with Gasteiger partial charge in [-0.1, -0.05) is 18.2 Å². The minimum atomic E-state index is -0.759. The molecule has 2 saturated heterocycles. The number of carboxylic acids is 1. The van der Waals surface area contributed by atoms with E-state index in [0.29, 0.717) is 31.7 Å². The van der Waals surface area contributed by atoms with Gasteiger partial charge in [0.1, 0.15) is 0 Å². The molecule has 0 saturated carbocycles. The van der Waals surface area contributed by atoms with E-state index in [1.54, 1.807) is 0 Å². The molecule has 1 unspecified atom stereocenters. The molecule has 2 aliphatic heterocycles. The summed E-state index contributed by atoms with van der Waals surface area (Å²) in [5, 5.41) is 9.26. The van der Waals surface area contributed by atoms with Crippen molar-refractivity contribution in [3.8, 4) is 0 Å². The Morgan fingerprint density at radius 3 is 2.41 bits per heavy atom. The van der Waals surface area contributed by atoms with Crippen LogP contribution in [0.5, 0.6) is 0 Å². The second-order valence-electron chi connectivity index (χ2n) is 6.06. The van der Waals surface area contributed by atoms with Crippen LogP contribution in [-0.2, 0) is 9.53 Å². The number of nitrogens with zero attached hydrogens (tertiary/aromatic N) is 1. The first-order chi connectivity index (χ1) is 10.7. The zero-order chi connectivity index (χ0) is 15.5. The number of amides is 1. The van der Waals surface area contributed by atoms with Crippen LogP contribution < -0.4 is 0 Å². The molecule has 0 radical (unpaired) electrons. The number of carboxylic acid groups (broad SMARTS) is 1. The molecule has 1 amide bonds. The summed E-state index contributed by atoms with van der Waals surface area (Å²) in [5.74, 6) is -0.851. The van der Waals surface area contributed by atoms with Gasteiger partial charge >= 0.3 is 5.97 Å². The maximum absolute atomic E-state index is 12.4. The van der Waals surface area contributed by atoms with Gasteiger partial charge in [-0.05, 0) is 37.3 Å². The molecule has 2 heterocycles. The van der Waals surface area contributed by atoms with E-state index in [-0.39, 0.29) is 23.8 Å². The van der Waals surface area contributed by atoms with Gasteiger partial charge in [-0.25, -0.2) is 0 Å². The second-order valence-corrected chi connectivity index (χ2v) is 6.06. The van der Waals surface area contributed by atoms with Crippen molar-refractivity contribution in [3.63, 3.8) is 0 Å². The predicted molar refractivity (Wildman–Crippen MR) is 80.6 cm³/mol. The largest absolute Gasteiger partial charge is 0.481 e. The molecular weight excluding hydrogens is 282 g/mol. The molecule has 0 aromatic heterocycles. The fraction of sp³-hybridized carbons (Fsp3) is 0.529. The molecule has 1 aromatic carbocycles. The van der Waals surface area contributed by atoms with Gasteiger partial charge in [-0.2, -0.15) is 0 Å². The lowest BCUT2D eigenvalue weighted by atomic mass is 9.84.